The lowest BCUT2D eigenvalue weighted by atomic mass is 9.77. The van der Waals surface area contributed by atoms with Gasteiger partial charge in [-0.3, -0.25) is 29.3 Å². The van der Waals surface area contributed by atoms with Crippen LogP contribution in [0.2, 0.25) is 5.02 Å². The van der Waals surface area contributed by atoms with Crippen LogP contribution in [-0.4, -0.2) is 95.2 Å². The molecule has 1 saturated carbocycles. The molecule has 5 amide bonds. The largest absolute Gasteiger partial charge is 0.480 e. The number of aromatic nitrogens is 2. The van der Waals surface area contributed by atoms with Crippen molar-refractivity contribution in [1.29, 1.82) is 0 Å². The molecule has 1 aliphatic carbocycles. The number of nitrogens with two attached hydrogens (primary N) is 1. The van der Waals surface area contributed by atoms with E-state index < -0.39 is 63.5 Å². The van der Waals surface area contributed by atoms with Crippen LogP contribution in [0.3, 0.4) is 0 Å². The molecule has 1 aromatic heterocycles. The zero-order valence-electron chi connectivity index (χ0n) is 43.7. The number of imide groups is 1. The van der Waals surface area contributed by atoms with Gasteiger partial charge < -0.3 is 30.3 Å². The molecule has 79 heavy (non-hydrogen) atoms. The van der Waals surface area contributed by atoms with Crippen LogP contribution in [0, 0.1) is 40.9 Å². The molecular weight excluding hydrogens is 1050 g/mol. The fourth-order valence-corrected chi connectivity index (χ4v) is 13.1. The number of carbonyl (C=O) groups is 4. The van der Waals surface area contributed by atoms with Gasteiger partial charge in [-0.15, -0.1) is 0 Å². The van der Waals surface area contributed by atoms with Crippen molar-refractivity contribution < 1.29 is 50.6 Å². The molecule has 4 fully saturated rings. The second kappa shape index (κ2) is 21.9. The average Bonchev–Trinajstić information content (AvgIpc) is 4.02. The van der Waals surface area contributed by atoms with Crippen LogP contribution in [0.4, 0.5) is 32.6 Å². The number of rotatable bonds is 13. The summed E-state index contributed by atoms with van der Waals surface area (Å²) in [5.41, 5.74) is 5.23. The topological polar surface area (TPSA) is 164 Å². The number of carbonyl (C=O) groups excluding carboxylic acids is 4. The first kappa shape index (κ1) is 53.9. The van der Waals surface area contributed by atoms with Gasteiger partial charge in [0.2, 0.25) is 17.7 Å². The van der Waals surface area contributed by atoms with E-state index in [2.05, 4.69) is 20.6 Å². The van der Waals surface area contributed by atoms with Crippen LogP contribution < -0.4 is 30.7 Å². The second-order valence-corrected chi connectivity index (χ2v) is 22.1. The summed E-state index contributed by atoms with van der Waals surface area (Å²) in [6.45, 7) is 5.72. The zero-order chi connectivity index (χ0) is 55.4. The standard InChI is InChI=1S/C59H60ClF5N8O6/c1-32-47-45(29-43(63)51(60)50(47)49-40(55(66)75)16-17-44(52(49)64)78-39-14-10-37(61)11-15-39)79-59(32,36-6-4-3-5-7-36)31-67-38-12-8-35(9-13-38)57(76)72-25-18-33(19-26-72)30-71-23-20-34(21-24-71)48-42(62)28-41-54(53(48)65)70(2)69-56(41)73-27-22-46(74)68-58(73)77/h3-7,10-11,14-17,28-29,32-35,38,67H,8-9,12-13,18-27,30-31H2,1-2H3,(H2,66,75)(H,68,74,77). The maximum absolute atomic E-state index is 16.9. The van der Waals surface area contributed by atoms with Crippen molar-refractivity contribution >= 4 is 52.1 Å². The predicted octanol–water partition coefficient (Wildman–Crippen LogP) is 10.6. The Morgan fingerprint density at radius 3 is 2.23 bits per heavy atom. The van der Waals surface area contributed by atoms with Gasteiger partial charge in [-0.1, -0.05) is 48.9 Å². The minimum absolute atomic E-state index is 0.0140. The van der Waals surface area contributed by atoms with Crippen molar-refractivity contribution in [2.75, 3.05) is 50.7 Å². The lowest BCUT2D eigenvalue weighted by Gasteiger charge is -2.40. The number of nitrogens with one attached hydrogen (secondary N) is 2. The average molecular weight is 1110 g/mol. The number of aryl methyl sites for hydroxylation is 1. The third kappa shape index (κ3) is 10.2. The van der Waals surface area contributed by atoms with E-state index in [1.165, 1.54) is 46.0 Å². The van der Waals surface area contributed by atoms with Gasteiger partial charge in [-0.2, -0.15) is 5.10 Å². The van der Waals surface area contributed by atoms with Crippen molar-refractivity contribution in [3.05, 3.63) is 135 Å². The number of primary amides is 1. The molecule has 5 heterocycles. The van der Waals surface area contributed by atoms with Crippen LogP contribution in [-0.2, 0) is 22.2 Å². The van der Waals surface area contributed by atoms with Gasteiger partial charge in [-0.05, 0) is 124 Å². The first-order chi connectivity index (χ1) is 38.0. The van der Waals surface area contributed by atoms with Crippen molar-refractivity contribution in [3.8, 4) is 28.4 Å². The Balaban J connectivity index is 0.704. The number of hydrogen-bond acceptors (Lipinski definition) is 9. The highest BCUT2D eigenvalue weighted by molar-refractivity contribution is 6.34. The van der Waals surface area contributed by atoms with Crippen LogP contribution in [0.1, 0.15) is 104 Å². The molecule has 414 valence electrons. The molecule has 5 aliphatic rings. The minimum Gasteiger partial charge on any atom is -0.480 e. The van der Waals surface area contributed by atoms with E-state index in [0.717, 1.165) is 49.9 Å². The molecule has 20 heteroatoms. The summed E-state index contributed by atoms with van der Waals surface area (Å²) < 4.78 is 92.8. The number of likely N-dealkylation sites (tertiary alicyclic amines) is 2. The Morgan fingerprint density at radius 1 is 0.835 bits per heavy atom. The Bertz CT molecular complexity index is 3360. The van der Waals surface area contributed by atoms with Gasteiger partial charge in [0.15, 0.2) is 28.8 Å². The number of benzene rings is 5. The minimum atomic E-state index is -1.16. The lowest BCUT2D eigenvalue weighted by molar-refractivity contribution is -0.138. The number of nitrogens with zero attached hydrogens (tertiary/aromatic N) is 5. The molecular formula is C59H60ClF5N8O6. The van der Waals surface area contributed by atoms with Crippen molar-refractivity contribution in [3.63, 3.8) is 0 Å². The Hall–Kier alpha value is -7.09. The maximum atomic E-state index is 16.9. The number of piperidine rings is 2. The molecule has 0 bridgehead atoms. The summed E-state index contributed by atoms with van der Waals surface area (Å²) in [6.07, 6.45) is 5.74. The lowest BCUT2D eigenvalue weighted by Crippen LogP contribution is -2.49. The van der Waals surface area contributed by atoms with Gasteiger partial charge in [0, 0.05) is 92.4 Å². The highest BCUT2D eigenvalue weighted by Gasteiger charge is 2.50. The maximum Gasteiger partial charge on any atom is 0.329 e. The van der Waals surface area contributed by atoms with Crippen molar-refractivity contribution in [1.82, 2.24) is 30.2 Å². The highest BCUT2D eigenvalue weighted by atomic mass is 35.5. The molecule has 2 atom stereocenters. The van der Waals surface area contributed by atoms with E-state index in [4.69, 9.17) is 26.8 Å². The predicted molar refractivity (Wildman–Crippen MR) is 287 cm³/mol. The fourth-order valence-electron chi connectivity index (χ4n) is 12.8. The first-order valence-corrected chi connectivity index (χ1v) is 27.4. The van der Waals surface area contributed by atoms with Crippen LogP contribution in [0.5, 0.6) is 17.2 Å². The van der Waals surface area contributed by atoms with Gasteiger partial charge in [0.25, 0.3) is 0 Å². The van der Waals surface area contributed by atoms with E-state index in [1.54, 1.807) is 7.05 Å². The summed E-state index contributed by atoms with van der Waals surface area (Å²) in [4.78, 5) is 56.9. The van der Waals surface area contributed by atoms with E-state index in [9.17, 15) is 23.6 Å². The van der Waals surface area contributed by atoms with E-state index in [1.807, 2.05) is 42.2 Å². The Morgan fingerprint density at radius 2 is 1.54 bits per heavy atom. The SMILES string of the molecule is CC1c2c(cc(F)c(Cl)c2-c2c(C(N)=O)ccc(Oc3ccc(F)cc3)c2F)OC1(CNC1CCC(C(=O)N2CCC(CN3CCC(c4c(F)cc5c(N6CCC(=O)NC6=O)nn(C)c5c4F)CC3)CC2)CC1)c1ccccc1. The van der Waals surface area contributed by atoms with Crippen molar-refractivity contribution in [2.24, 2.45) is 24.6 Å². The van der Waals surface area contributed by atoms with Crippen LogP contribution in [0.15, 0.2) is 78.9 Å². The number of ether oxygens (including phenoxy) is 2. The number of halogens is 6. The van der Waals surface area contributed by atoms with Gasteiger partial charge in [0.05, 0.1) is 16.0 Å². The van der Waals surface area contributed by atoms with Crippen LogP contribution in [0.25, 0.3) is 22.0 Å². The number of hydrogen-bond donors (Lipinski definition) is 3. The van der Waals surface area contributed by atoms with Gasteiger partial charge in [-0.25, -0.2) is 26.7 Å². The highest BCUT2D eigenvalue weighted by Crippen LogP contribution is 2.57. The number of amides is 5. The second-order valence-electron chi connectivity index (χ2n) is 21.7. The van der Waals surface area contributed by atoms with Crippen molar-refractivity contribution in [2.45, 2.75) is 88.2 Å². The van der Waals surface area contributed by atoms with Crippen LogP contribution >= 0.6 is 11.6 Å². The normalized spacial score (nSPS) is 22.3. The molecule has 11 rings (SSSR count). The summed E-state index contributed by atoms with van der Waals surface area (Å²) in [5, 5.41) is 10.1. The fraction of sp³-hybridized carbons (Fsp3) is 0.407. The molecule has 0 radical (unpaired) electrons. The molecule has 6 aromatic rings. The third-order valence-electron chi connectivity index (χ3n) is 17.1. The van der Waals surface area contributed by atoms with E-state index in [-0.39, 0.29) is 99.5 Å². The quantitative estimate of drug-likeness (QED) is 0.0955. The van der Waals surface area contributed by atoms with Gasteiger partial charge in [0.1, 0.15) is 34.5 Å². The zero-order valence-corrected chi connectivity index (χ0v) is 44.5. The Labute approximate surface area is 458 Å². The number of urea groups is 1. The van der Waals surface area contributed by atoms with E-state index in [0.29, 0.717) is 63.3 Å². The summed E-state index contributed by atoms with van der Waals surface area (Å²) >= 11 is 6.79. The summed E-state index contributed by atoms with van der Waals surface area (Å²) in [5.74, 6) is -5.71. The molecule has 0 spiro atoms. The molecule has 5 aromatic carbocycles. The van der Waals surface area contributed by atoms with E-state index >= 15 is 17.6 Å². The number of anilines is 1. The molecule has 14 nitrogen and oxygen atoms in total. The summed E-state index contributed by atoms with van der Waals surface area (Å²) in [7, 11) is 1.56. The number of fused-ring (bicyclic) bond motifs is 2. The third-order valence-corrected chi connectivity index (χ3v) is 17.5. The molecule has 3 saturated heterocycles. The molecule has 4 N–H and O–H groups in total. The molecule has 2 unspecified atom stereocenters. The summed E-state index contributed by atoms with van der Waals surface area (Å²) in [6, 6.07) is 18.6. The van der Waals surface area contributed by atoms with Gasteiger partial charge >= 0.3 is 6.03 Å². The Kier molecular flexibility index (Phi) is 14.9. The monoisotopic (exact) mass is 1110 g/mol. The smallest absolute Gasteiger partial charge is 0.329 e. The molecule has 4 aliphatic heterocycles. The first-order valence-electron chi connectivity index (χ1n) is 27.0.